The molecule has 1 fully saturated rings. The summed E-state index contributed by atoms with van der Waals surface area (Å²) in [6.45, 7) is 4.98. The Balaban J connectivity index is 1.45. The van der Waals surface area contributed by atoms with Crippen LogP contribution in [0.2, 0.25) is 0 Å². The van der Waals surface area contributed by atoms with Crippen molar-refractivity contribution in [2.45, 2.75) is 63.9 Å². The zero-order valence-corrected chi connectivity index (χ0v) is 18.5. The van der Waals surface area contributed by atoms with Gasteiger partial charge >= 0.3 is 0 Å². The van der Waals surface area contributed by atoms with Crippen molar-refractivity contribution in [3.05, 3.63) is 71.8 Å². The van der Waals surface area contributed by atoms with E-state index >= 15 is 0 Å². The van der Waals surface area contributed by atoms with Gasteiger partial charge < -0.3 is 10.0 Å². The van der Waals surface area contributed by atoms with Gasteiger partial charge in [-0.2, -0.15) is 0 Å². The van der Waals surface area contributed by atoms with E-state index in [1.54, 1.807) is 0 Å². The van der Waals surface area contributed by atoms with Crippen LogP contribution in [-0.4, -0.2) is 42.1 Å². The lowest BCUT2D eigenvalue weighted by molar-refractivity contribution is 0.180. The summed E-state index contributed by atoms with van der Waals surface area (Å²) in [5.74, 6) is 1.15. The van der Waals surface area contributed by atoms with Crippen LogP contribution in [0.4, 0.5) is 0 Å². The molecule has 1 saturated heterocycles. The van der Waals surface area contributed by atoms with Gasteiger partial charge in [0.1, 0.15) is 0 Å². The van der Waals surface area contributed by atoms with Crippen LogP contribution in [-0.2, 0) is 0 Å². The Bertz CT molecular complexity index is 682. The summed E-state index contributed by atoms with van der Waals surface area (Å²) in [5, 5.41) is 9.29. The van der Waals surface area contributed by atoms with Gasteiger partial charge in [0, 0.05) is 25.6 Å². The minimum Gasteiger partial charge on any atom is -0.393 e. The quantitative estimate of drug-likeness (QED) is 0.287. The molecule has 3 nitrogen and oxygen atoms in total. The van der Waals surface area contributed by atoms with Crippen molar-refractivity contribution < 1.29 is 5.11 Å². The summed E-state index contributed by atoms with van der Waals surface area (Å²) in [6, 6.07) is 22.0. The van der Waals surface area contributed by atoms with E-state index in [1.165, 1.54) is 36.8 Å². The Morgan fingerprint density at radius 3 is 2.03 bits per heavy atom. The largest absolute Gasteiger partial charge is 0.393 e. The number of aliphatic imine (C=N–C) groups is 1. The SMILES string of the molecule is CC(O)CCCCCC/N=C/N1CCC(C(c2ccccc2)c2ccccc2)CC1. The second-order valence-corrected chi connectivity index (χ2v) is 8.75. The molecule has 1 N–H and O–H groups in total. The third kappa shape index (κ3) is 7.28. The van der Waals surface area contributed by atoms with Gasteiger partial charge in [-0.25, -0.2) is 0 Å². The Morgan fingerprint density at radius 2 is 1.47 bits per heavy atom. The monoisotopic (exact) mass is 406 g/mol. The van der Waals surface area contributed by atoms with E-state index in [0.29, 0.717) is 11.8 Å². The Morgan fingerprint density at radius 1 is 0.900 bits per heavy atom. The Kier molecular flexibility index (Phi) is 9.43. The molecule has 3 heteroatoms. The summed E-state index contributed by atoms with van der Waals surface area (Å²) < 4.78 is 0. The molecule has 30 heavy (non-hydrogen) atoms. The van der Waals surface area contributed by atoms with Crippen molar-refractivity contribution in [1.82, 2.24) is 4.90 Å². The molecule has 162 valence electrons. The lowest BCUT2D eigenvalue weighted by Gasteiger charge is -2.36. The number of hydrogen-bond acceptors (Lipinski definition) is 2. The molecule has 2 aromatic rings. The van der Waals surface area contributed by atoms with Crippen LogP contribution in [0.3, 0.4) is 0 Å². The lowest BCUT2D eigenvalue weighted by atomic mass is 9.76. The van der Waals surface area contributed by atoms with Gasteiger partial charge in [0.05, 0.1) is 12.4 Å². The predicted octanol–water partition coefficient (Wildman–Crippen LogP) is 5.89. The van der Waals surface area contributed by atoms with E-state index < -0.39 is 0 Å². The Hall–Kier alpha value is -2.13. The summed E-state index contributed by atoms with van der Waals surface area (Å²) >= 11 is 0. The molecule has 3 rings (SSSR count). The van der Waals surface area contributed by atoms with Crippen LogP contribution in [0, 0.1) is 5.92 Å². The number of nitrogens with zero attached hydrogens (tertiary/aromatic N) is 2. The summed E-state index contributed by atoms with van der Waals surface area (Å²) in [7, 11) is 0. The number of aliphatic hydroxyl groups is 1. The number of likely N-dealkylation sites (tertiary alicyclic amines) is 1. The van der Waals surface area contributed by atoms with Crippen molar-refractivity contribution in [2.24, 2.45) is 10.9 Å². The third-order valence-corrected chi connectivity index (χ3v) is 6.27. The molecule has 0 bridgehead atoms. The molecule has 2 aromatic carbocycles. The Labute approximate surface area is 182 Å². The maximum atomic E-state index is 9.29. The highest BCUT2D eigenvalue weighted by Crippen LogP contribution is 2.37. The fraction of sp³-hybridized carbons (Fsp3) is 0.519. The second kappa shape index (κ2) is 12.5. The van der Waals surface area contributed by atoms with E-state index in [1.807, 2.05) is 6.92 Å². The first kappa shape index (κ1) is 22.6. The maximum absolute atomic E-state index is 9.29. The molecule has 0 saturated carbocycles. The molecule has 0 amide bonds. The standard InChI is InChI=1S/C27H38N2O/c1-23(30)12-6-2-3-11-19-28-22-29-20-17-26(18-21-29)27(24-13-7-4-8-14-24)25-15-9-5-10-16-25/h4-5,7-10,13-16,22-23,26-27,30H,2-3,6,11-12,17-21H2,1H3/b28-22+. The number of aliphatic hydroxyl groups excluding tert-OH is 1. The molecule has 0 aliphatic carbocycles. The summed E-state index contributed by atoms with van der Waals surface area (Å²) in [4.78, 5) is 7.07. The van der Waals surface area contributed by atoms with Crippen molar-refractivity contribution >= 4 is 6.34 Å². The number of rotatable bonds is 11. The first-order valence-electron chi connectivity index (χ1n) is 11.8. The maximum Gasteiger partial charge on any atom is 0.0849 e. The van der Waals surface area contributed by atoms with Crippen LogP contribution in [0.15, 0.2) is 65.7 Å². The van der Waals surface area contributed by atoms with Gasteiger partial charge in [-0.05, 0) is 49.7 Å². The van der Waals surface area contributed by atoms with Crippen molar-refractivity contribution in [1.29, 1.82) is 0 Å². The molecule has 1 heterocycles. The molecule has 0 aromatic heterocycles. The van der Waals surface area contributed by atoms with Gasteiger partial charge in [0.25, 0.3) is 0 Å². The number of benzene rings is 2. The van der Waals surface area contributed by atoms with Crippen molar-refractivity contribution in [3.8, 4) is 0 Å². The topological polar surface area (TPSA) is 35.8 Å². The van der Waals surface area contributed by atoms with E-state index in [0.717, 1.165) is 38.9 Å². The van der Waals surface area contributed by atoms with Gasteiger partial charge in [0.15, 0.2) is 0 Å². The average Bonchev–Trinajstić information content (AvgIpc) is 2.78. The second-order valence-electron chi connectivity index (χ2n) is 8.75. The fourth-order valence-electron chi connectivity index (χ4n) is 4.60. The van der Waals surface area contributed by atoms with Crippen LogP contribution in [0.25, 0.3) is 0 Å². The smallest absolute Gasteiger partial charge is 0.0849 e. The zero-order valence-electron chi connectivity index (χ0n) is 18.5. The average molecular weight is 407 g/mol. The van der Waals surface area contributed by atoms with Gasteiger partial charge in [-0.1, -0.05) is 79.9 Å². The first-order valence-corrected chi connectivity index (χ1v) is 11.8. The van der Waals surface area contributed by atoms with Crippen LogP contribution in [0.1, 0.15) is 68.9 Å². The van der Waals surface area contributed by atoms with Crippen LogP contribution >= 0.6 is 0 Å². The van der Waals surface area contributed by atoms with Crippen LogP contribution in [0.5, 0.6) is 0 Å². The van der Waals surface area contributed by atoms with Gasteiger partial charge in [0.2, 0.25) is 0 Å². The number of hydrogen-bond donors (Lipinski definition) is 1. The molecule has 0 spiro atoms. The predicted molar refractivity (Wildman–Crippen MR) is 127 cm³/mol. The van der Waals surface area contributed by atoms with Gasteiger partial charge in [-0.15, -0.1) is 0 Å². The number of piperidine rings is 1. The fourth-order valence-corrected chi connectivity index (χ4v) is 4.60. The molecular weight excluding hydrogens is 368 g/mol. The van der Waals surface area contributed by atoms with E-state index in [2.05, 4.69) is 76.9 Å². The number of unbranched alkanes of at least 4 members (excludes halogenated alkanes) is 3. The molecule has 0 radical (unpaired) electrons. The molecule has 1 aliphatic rings. The highest BCUT2D eigenvalue weighted by atomic mass is 16.3. The van der Waals surface area contributed by atoms with E-state index in [-0.39, 0.29) is 6.10 Å². The summed E-state index contributed by atoms with van der Waals surface area (Å²) in [5.41, 5.74) is 2.87. The van der Waals surface area contributed by atoms with Gasteiger partial charge in [-0.3, -0.25) is 4.99 Å². The molecule has 1 aliphatic heterocycles. The third-order valence-electron chi connectivity index (χ3n) is 6.27. The minimum atomic E-state index is -0.158. The highest BCUT2D eigenvalue weighted by molar-refractivity contribution is 5.55. The normalized spacial score (nSPS) is 16.4. The first-order chi connectivity index (χ1) is 14.7. The molecular formula is C27H38N2O. The zero-order chi connectivity index (χ0) is 21.0. The van der Waals surface area contributed by atoms with E-state index in [9.17, 15) is 5.11 Å². The van der Waals surface area contributed by atoms with Crippen LogP contribution < -0.4 is 0 Å². The highest BCUT2D eigenvalue weighted by Gasteiger charge is 2.28. The molecule has 1 atom stereocenters. The summed E-state index contributed by atoms with van der Waals surface area (Å²) in [6.07, 6.45) is 9.95. The minimum absolute atomic E-state index is 0.158. The van der Waals surface area contributed by atoms with Crippen molar-refractivity contribution in [2.75, 3.05) is 19.6 Å². The molecule has 1 unspecified atom stereocenters. The van der Waals surface area contributed by atoms with E-state index in [4.69, 9.17) is 0 Å². The lowest BCUT2D eigenvalue weighted by Crippen LogP contribution is -2.35. The van der Waals surface area contributed by atoms with Crippen molar-refractivity contribution in [3.63, 3.8) is 0 Å².